The molecule has 0 aliphatic carbocycles. The number of aryl methyl sites for hydroxylation is 1. The summed E-state index contributed by atoms with van der Waals surface area (Å²) in [5, 5.41) is 5.17. The Kier molecular flexibility index (Phi) is 9.89. The molecule has 0 radical (unpaired) electrons. The van der Waals surface area contributed by atoms with Crippen LogP contribution in [0.4, 0.5) is 24.5 Å². The van der Waals surface area contributed by atoms with Gasteiger partial charge in [0.15, 0.2) is 0 Å². The lowest BCUT2D eigenvalue weighted by Gasteiger charge is -2.25. The second-order valence-electron chi connectivity index (χ2n) is 9.20. The van der Waals surface area contributed by atoms with Crippen LogP contribution in [0.15, 0.2) is 60.8 Å². The second kappa shape index (κ2) is 13.1. The average Bonchev–Trinajstić information content (AvgIpc) is 2.90. The Labute approximate surface area is 225 Å². The quantitative estimate of drug-likeness (QED) is 0.361. The van der Waals surface area contributed by atoms with Gasteiger partial charge in [-0.15, -0.1) is 0 Å². The van der Waals surface area contributed by atoms with Crippen molar-refractivity contribution in [1.82, 2.24) is 15.2 Å². The summed E-state index contributed by atoms with van der Waals surface area (Å²) in [6.07, 6.45) is -2.59. The monoisotopic (exact) mass is 543 g/mol. The standard InChI is InChI=1S/C28H32F3N5O3/c1-32-27(38)24-18-22(13-14-33-24)39-21-9-5-19(6-10-21)7-12-26(37)34-23-17-20(28(29,30)31)8-11-25(23)36(4)16-15-35(2)3/h5-6,8-11,13-14,17-18H,7,12,15-16H2,1-4H3,(H,32,38)(H,34,37). The number of alkyl halides is 3. The molecule has 3 aromatic rings. The lowest BCUT2D eigenvalue weighted by atomic mass is 10.1. The van der Waals surface area contributed by atoms with Crippen LogP contribution in [0.2, 0.25) is 0 Å². The molecule has 0 atom stereocenters. The minimum absolute atomic E-state index is 0.0805. The van der Waals surface area contributed by atoms with Gasteiger partial charge in [0.1, 0.15) is 17.2 Å². The molecule has 0 aliphatic heterocycles. The maximum Gasteiger partial charge on any atom is 0.416 e. The zero-order valence-corrected chi connectivity index (χ0v) is 22.3. The number of amides is 2. The van der Waals surface area contributed by atoms with Gasteiger partial charge in [-0.1, -0.05) is 12.1 Å². The summed E-state index contributed by atoms with van der Waals surface area (Å²) < 4.78 is 45.8. The van der Waals surface area contributed by atoms with Gasteiger partial charge < -0.3 is 25.2 Å². The van der Waals surface area contributed by atoms with Crippen molar-refractivity contribution in [3.8, 4) is 11.5 Å². The molecule has 39 heavy (non-hydrogen) atoms. The molecule has 0 fully saturated rings. The van der Waals surface area contributed by atoms with Crippen LogP contribution < -0.4 is 20.3 Å². The minimum Gasteiger partial charge on any atom is -0.457 e. The molecule has 0 spiro atoms. The van der Waals surface area contributed by atoms with Crippen LogP contribution in [0.5, 0.6) is 11.5 Å². The number of hydrogen-bond donors (Lipinski definition) is 2. The van der Waals surface area contributed by atoms with Gasteiger partial charge in [-0.2, -0.15) is 13.2 Å². The molecule has 3 rings (SSSR count). The van der Waals surface area contributed by atoms with E-state index in [1.807, 2.05) is 23.9 Å². The van der Waals surface area contributed by atoms with E-state index in [0.29, 0.717) is 36.7 Å². The molecular weight excluding hydrogens is 511 g/mol. The summed E-state index contributed by atoms with van der Waals surface area (Å²) >= 11 is 0. The fraction of sp³-hybridized carbons (Fsp3) is 0.321. The van der Waals surface area contributed by atoms with Crippen molar-refractivity contribution >= 4 is 23.2 Å². The fourth-order valence-corrected chi connectivity index (χ4v) is 3.67. The van der Waals surface area contributed by atoms with E-state index >= 15 is 0 Å². The summed E-state index contributed by atoms with van der Waals surface area (Å²) in [5.74, 6) is 0.261. The number of hydrogen-bond acceptors (Lipinski definition) is 6. The van der Waals surface area contributed by atoms with Gasteiger partial charge in [-0.25, -0.2) is 0 Å². The van der Waals surface area contributed by atoms with Gasteiger partial charge in [0.2, 0.25) is 5.91 Å². The molecular formula is C28H32F3N5O3. The van der Waals surface area contributed by atoms with Crippen molar-refractivity contribution < 1.29 is 27.5 Å². The molecule has 0 saturated heterocycles. The van der Waals surface area contributed by atoms with Gasteiger partial charge >= 0.3 is 6.18 Å². The number of pyridine rings is 1. The van der Waals surface area contributed by atoms with Crippen molar-refractivity contribution in [3.63, 3.8) is 0 Å². The van der Waals surface area contributed by atoms with Crippen LogP contribution in [0, 0.1) is 0 Å². The third-order valence-corrected chi connectivity index (χ3v) is 5.88. The first-order chi connectivity index (χ1) is 18.5. The number of aromatic nitrogens is 1. The van der Waals surface area contributed by atoms with E-state index in [0.717, 1.165) is 17.7 Å². The Morgan fingerprint density at radius 2 is 1.67 bits per heavy atom. The molecule has 0 saturated carbocycles. The van der Waals surface area contributed by atoms with Crippen molar-refractivity contribution in [2.24, 2.45) is 0 Å². The molecule has 208 valence electrons. The Morgan fingerprint density at radius 3 is 2.31 bits per heavy atom. The Balaban J connectivity index is 1.64. The van der Waals surface area contributed by atoms with E-state index in [9.17, 15) is 22.8 Å². The topological polar surface area (TPSA) is 86.8 Å². The summed E-state index contributed by atoms with van der Waals surface area (Å²) in [5.41, 5.74) is 0.884. The zero-order chi connectivity index (χ0) is 28.6. The molecule has 0 bridgehead atoms. The highest BCUT2D eigenvalue weighted by molar-refractivity contribution is 5.94. The third-order valence-electron chi connectivity index (χ3n) is 5.88. The molecule has 8 nitrogen and oxygen atoms in total. The number of likely N-dealkylation sites (N-methyl/N-ethyl adjacent to an activating group) is 2. The third kappa shape index (κ3) is 8.71. The van der Waals surface area contributed by atoms with E-state index in [-0.39, 0.29) is 23.7 Å². The number of halogens is 3. The molecule has 2 amide bonds. The number of nitrogens with one attached hydrogen (secondary N) is 2. The summed E-state index contributed by atoms with van der Waals surface area (Å²) in [6.45, 7) is 1.27. The highest BCUT2D eigenvalue weighted by Gasteiger charge is 2.31. The maximum absolute atomic E-state index is 13.3. The van der Waals surface area contributed by atoms with Crippen LogP contribution in [-0.2, 0) is 17.4 Å². The first-order valence-corrected chi connectivity index (χ1v) is 12.3. The molecule has 1 heterocycles. The number of anilines is 2. The van der Waals surface area contributed by atoms with E-state index in [2.05, 4.69) is 15.6 Å². The fourth-order valence-electron chi connectivity index (χ4n) is 3.67. The molecule has 2 aromatic carbocycles. The molecule has 2 N–H and O–H groups in total. The maximum atomic E-state index is 13.3. The van der Waals surface area contributed by atoms with Crippen molar-refractivity contribution in [1.29, 1.82) is 0 Å². The SMILES string of the molecule is CNC(=O)c1cc(Oc2ccc(CCC(=O)Nc3cc(C(F)(F)F)ccc3N(C)CCN(C)C)cc2)ccn1. The van der Waals surface area contributed by atoms with E-state index in [1.165, 1.54) is 25.4 Å². The van der Waals surface area contributed by atoms with Crippen molar-refractivity contribution in [2.75, 3.05) is 51.5 Å². The van der Waals surface area contributed by atoms with Gasteiger partial charge in [0.05, 0.1) is 16.9 Å². The molecule has 0 unspecified atom stereocenters. The lowest BCUT2D eigenvalue weighted by Crippen LogP contribution is -2.29. The minimum atomic E-state index is -4.52. The number of carbonyl (C=O) groups is 2. The van der Waals surface area contributed by atoms with Gasteiger partial charge in [0, 0.05) is 45.9 Å². The number of ether oxygens (including phenoxy) is 1. The van der Waals surface area contributed by atoms with Gasteiger partial charge in [0.25, 0.3) is 5.91 Å². The number of rotatable bonds is 11. The number of carbonyl (C=O) groups excluding carboxylic acids is 2. The average molecular weight is 544 g/mol. The summed E-state index contributed by atoms with van der Waals surface area (Å²) in [6, 6.07) is 13.6. The molecule has 11 heteroatoms. The zero-order valence-electron chi connectivity index (χ0n) is 22.3. The van der Waals surface area contributed by atoms with E-state index in [4.69, 9.17) is 4.74 Å². The van der Waals surface area contributed by atoms with Crippen molar-refractivity contribution in [3.05, 3.63) is 77.6 Å². The second-order valence-corrected chi connectivity index (χ2v) is 9.20. The van der Waals surface area contributed by atoms with Crippen LogP contribution in [0.25, 0.3) is 0 Å². The van der Waals surface area contributed by atoms with E-state index < -0.39 is 17.6 Å². The highest BCUT2D eigenvalue weighted by atomic mass is 19.4. The van der Waals surface area contributed by atoms with Crippen LogP contribution in [0.3, 0.4) is 0 Å². The first-order valence-electron chi connectivity index (χ1n) is 12.3. The Bertz CT molecular complexity index is 1280. The Morgan fingerprint density at radius 1 is 0.949 bits per heavy atom. The lowest BCUT2D eigenvalue weighted by molar-refractivity contribution is -0.137. The first kappa shape index (κ1) is 29.4. The number of nitrogens with zero attached hydrogens (tertiary/aromatic N) is 3. The van der Waals surface area contributed by atoms with Gasteiger partial charge in [-0.3, -0.25) is 14.6 Å². The van der Waals surface area contributed by atoms with Crippen LogP contribution in [0.1, 0.15) is 28.0 Å². The van der Waals surface area contributed by atoms with Crippen molar-refractivity contribution in [2.45, 2.75) is 19.0 Å². The Hall–Kier alpha value is -4.12. The molecule has 1 aromatic heterocycles. The van der Waals surface area contributed by atoms with Crippen LogP contribution in [-0.4, -0.2) is 63.0 Å². The van der Waals surface area contributed by atoms with Gasteiger partial charge in [-0.05, 0) is 62.5 Å². The normalized spacial score (nSPS) is 11.3. The van der Waals surface area contributed by atoms with Crippen LogP contribution >= 0.6 is 0 Å². The summed E-state index contributed by atoms with van der Waals surface area (Å²) in [7, 11) is 7.10. The largest absolute Gasteiger partial charge is 0.457 e. The smallest absolute Gasteiger partial charge is 0.416 e. The summed E-state index contributed by atoms with van der Waals surface area (Å²) in [4.78, 5) is 32.3. The molecule has 0 aliphatic rings. The number of benzene rings is 2. The highest BCUT2D eigenvalue weighted by Crippen LogP contribution is 2.35. The predicted molar refractivity (Wildman–Crippen MR) is 144 cm³/mol. The van der Waals surface area contributed by atoms with E-state index in [1.54, 1.807) is 37.4 Å². The predicted octanol–water partition coefficient (Wildman–Crippen LogP) is 4.82.